The van der Waals surface area contributed by atoms with Crippen molar-refractivity contribution in [2.75, 3.05) is 25.2 Å². The standard InChI is InChI=1S/C24H26N2O5/c1-4-17(2)31-21-13-9-8-10-18(21)16-20-22(27)25(14-15-30-3)24(29)26(23(20)28)19-11-6-5-7-12-19/h5-13,16-17H,4,14-15H2,1-3H3/b20-16-/t17-/m1/s1. The summed E-state index contributed by atoms with van der Waals surface area (Å²) < 4.78 is 11.0. The minimum atomic E-state index is -0.695. The van der Waals surface area contributed by atoms with E-state index in [9.17, 15) is 14.4 Å². The Morgan fingerprint density at radius 1 is 0.968 bits per heavy atom. The van der Waals surface area contributed by atoms with E-state index >= 15 is 0 Å². The number of anilines is 1. The molecule has 162 valence electrons. The Morgan fingerprint density at radius 2 is 1.65 bits per heavy atom. The monoisotopic (exact) mass is 422 g/mol. The van der Waals surface area contributed by atoms with E-state index in [0.29, 0.717) is 17.0 Å². The second-order valence-corrected chi connectivity index (χ2v) is 7.14. The van der Waals surface area contributed by atoms with Crippen molar-refractivity contribution in [3.05, 3.63) is 65.7 Å². The lowest BCUT2D eigenvalue weighted by Gasteiger charge is -2.33. The molecule has 0 aliphatic carbocycles. The van der Waals surface area contributed by atoms with E-state index in [2.05, 4.69) is 0 Å². The average molecular weight is 422 g/mol. The fourth-order valence-corrected chi connectivity index (χ4v) is 3.12. The molecule has 2 aromatic carbocycles. The quantitative estimate of drug-likeness (QED) is 0.477. The summed E-state index contributed by atoms with van der Waals surface area (Å²) in [5.74, 6) is -0.762. The van der Waals surface area contributed by atoms with E-state index in [1.165, 1.54) is 13.2 Å². The molecule has 3 rings (SSSR count). The molecule has 1 saturated heterocycles. The summed E-state index contributed by atoms with van der Waals surface area (Å²) in [4.78, 5) is 41.4. The number of rotatable bonds is 8. The van der Waals surface area contributed by atoms with Crippen LogP contribution in [-0.4, -0.2) is 49.1 Å². The Bertz CT molecular complexity index is 986. The SMILES string of the molecule is CC[C@@H](C)Oc1ccccc1/C=C1/C(=O)N(CCOC)C(=O)N(c2ccccc2)C1=O. The van der Waals surface area contributed by atoms with Gasteiger partial charge in [-0.3, -0.25) is 14.5 Å². The molecule has 1 aliphatic heterocycles. The topological polar surface area (TPSA) is 76.2 Å². The molecule has 1 fully saturated rings. The Kier molecular flexibility index (Phi) is 7.20. The van der Waals surface area contributed by atoms with E-state index in [0.717, 1.165) is 16.2 Å². The zero-order chi connectivity index (χ0) is 22.4. The van der Waals surface area contributed by atoms with Crippen molar-refractivity contribution >= 4 is 29.6 Å². The molecule has 1 atom stereocenters. The summed E-state index contributed by atoms with van der Waals surface area (Å²) in [6.07, 6.45) is 2.27. The molecule has 1 heterocycles. The van der Waals surface area contributed by atoms with Crippen LogP contribution in [0.5, 0.6) is 5.75 Å². The van der Waals surface area contributed by atoms with Gasteiger partial charge < -0.3 is 9.47 Å². The Labute approximate surface area is 181 Å². The van der Waals surface area contributed by atoms with Crippen LogP contribution >= 0.6 is 0 Å². The lowest BCUT2D eigenvalue weighted by atomic mass is 10.0. The maximum absolute atomic E-state index is 13.3. The average Bonchev–Trinajstić information content (AvgIpc) is 2.78. The first-order valence-corrected chi connectivity index (χ1v) is 10.2. The number of nitrogens with zero attached hydrogens (tertiary/aromatic N) is 2. The summed E-state index contributed by atoms with van der Waals surface area (Å²) in [6.45, 7) is 4.16. The second kappa shape index (κ2) is 10.0. The Morgan fingerprint density at radius 3 is 2.32 bits per heavy atom. The number of imide groups is 2. The predicted molar refractivity (Wildman–Crippen MR) is 118 cm³/mol. The number of benzene rings is 2. The third kappa shape index (κ3) is 4.83. The van der Waals surface area contributed by atoms with Crippen LogP contribution in [0, 0.1) is 0 Å². The molecule has 0 spiro atoms. The highest BCUT2D eigenvalue weighted by Gasteiger charge is 2.42. The molecule has 0 aromatic heterocycles. The van der Waals surface area contributed by atoms with E-state index in [4.69, 9.17) is 9.47 Å². The van der Waals surface area contributed by atoms with Crippen LogP contribution in [0.2, 0.25) is 0 Å². The third-order valence-corrected chi connectivity index (χ3v) is 4.99. The Hall–Kier alpha value is -3.45. The molecular weight excluding hydrogens is 396 g/mol. The van der Waals surface area contributed by atoms with Gasteiger partial charge in [-0.25, -0.2) is 9.69 Å². The fraction of sp³-hybridized carbons (Fsp3) is 0.292. The molecular formula is C24H26N2O5. The molecule has 4 amide bonds. The van der Waals surface area contributed by atoms with Gasteiger partial charge >= 0.3 is 6.03 Å². The van der Waals surface area contributed by atoms with Crippen molar-refractivity contribution in [3.8, 4) is 5.75 Å². The lowest BCUT2D eigenvalue weighted by Crippen LogP contribution is -2.57. The van der Waals surface area contributed by atoms with Crippen LogP contribution in [0.25, 0.3) is 6.08 Å². The minimum Gasteiger partial charge on any atom is -0.490 e. The normalized spacial score (nSPS) is 16.7. The third-order valence-electron chi connectivity index (χ3n) is 4.99. The number of urea groups is 1. The molecule has 31 heavy (non-hydrogen) atoms. The Balaban J connectivity index is 2.07. The van der Waals surface area contributed by atoms with Crippen LogP contribution in [-0.2, 0) is 14.3 Å². The molecule has 0 radical (unpaired) electrons. The predicted octanol–water partition coefficient (Wildman–Crippen LogP) is 3.89. The highest BCUT2D eigenvalue weighted by Crippen LogP contribution is 2.28. The van der Waals surface area contributed by atoms with Gasteiger partial charge in [0, 0.05) is 12.7 Å². The molecule has 0 unspecified atom stereocenters. The van der Waals surface area contributed by atoms with Gasteiger partial charge in [0.15, 0.2) is 0 Å². The van der Waals surface area contributed by atoms with Gasteiger partial charge in [-0.2, -0.15) is 0 Å². The van der Waals surface area contributed by atoms with Gasteiger partial charge in [-0.1, -0.05) is 43.3 Å². The van der Waals surface area contributed by atoms with Gasteiger partial charge in [0.2, 0.25) is 0 Å². The summed E-state index contributed by atoms with van der Waals surface area (Å²) in [5, 5.41) is 0. The number of barbiturate groups is 1. The molecule has 0 N–H and O–H groups in total. The lowest BCUT2D eigenvalue weighted by molar-refractivity contribution is -0.129. The molecule has 1 aliphatic rings. The number of hydrogen-bond acceptors (Lipinski definition) is 5. The van der Waals surface area contributed by atoms with Crippen LogP contribution in [0.4, 0.5) is 10.5 Å². The largest absolute Gasteiger partial charge is 0.490 e. The van der Waals surface area contributed by atoms with E-state index in [-0.39, 0.29) is 24.8 Å². The van der Waals surface area contributed by atoms with Crippen molar-refractivity contribution in [1.29, 1.82) is 0 Å². The second-order valence-electron chi connectivity index (χ2n) is 7.14. The van der Waals surface area contributed by atoms with Crippen molar-refractivity contribution in [1.82, 2.24) is 4.90 Å². The zero-order valence-corrected chi connectivity index (χ0v) is 17.9. The van der Waals surface area contributed by atoms with E-state index in [1.807, 2.05) is 19.9 Å². The van der Waals surface area contributed by atoms with E-state index < -0.39 is 17.8 Å². The maximum Gasteiger partial charge on any atom is 0.338 e. The fourth-order valence-electron chi connectivity index (χ4n) is 3.12. The maximum atomic E-state index is 13.3. The first-order chi connectivity index (χ1) is 15.0. The number of carbonyl (C=O) groups excluding carboxylic acids is 3. The zero-order valence-electron chi connectivity index (χ0n) is 17.9. The summed E-state index contributed by atoms with van der Waals surface area (Å²) in [5.41, 5.74) is 0.871. The van der Waals surface area contributed by atoms with Gasteiger partial charge in [0.05, 0.1) is 24.9 Å². The van der Waals surface area contributed by atoms with Crippen molar-refractivity contribution in [3.63, 3.8) is 0 Å². The number of para-hydroxylation sites is 2. The van der Waals surface area contributed by atoms with Gasteiger partial charge in [0.25, 0.3) is 11.8 Å². The van der Waals surface area contributed by atoms with Crippen molar-refractivity contribution in [2.24, 2.45) is 0 Å². The highest BCUT2D eigenvalue weighted by molar-refractivity contribution is 6.39. The van der Waals surface area contributed by atoms with Gasteiger partial charge in [-0.05, 0) is 37.6 Å². The first kappa shape index (κ1) is 22.2. The molecule has 7 heteroatoms. The highest BCUT2D eigenvalue weighted by atomic mass is 16.5. The summed E-state index contributed by atoms with van der Waals surface area (Å²) >= 11 is 0. The van der Waals surface area contributed by atoms with E-state index in [1.54, 1.807) is 48.5 Å². The summed E-state index contributed by atoms with van der Waals surface area (Å²) in [7, 11) is 1.48. The van der Waals surface area contributed by atoms with Gasteiger partial charge in [-0.15, -0.1) is 0 Å². The first-order valence-electron chi connectivity index (χ1n) is 10.2. The van der Waals surface area contributed by atoms with Crippen molar-refractivity contribution in [2.45, 2.75) is 26.4 Å². The van der Waals surface area contributed by atoms with Gasteiger partial charge in [0.1, 0.15) is 11.3 Å². The number of ether oxygens (including phenoxy) is 2. The molecule has 7 nitrogen and oxygen atoms in total. The van der Waals surface area contributed by atoms with Crippen LogP contribution in [0.3, 0.4) is 0 Å². The smallest absolute Gasteiger partial charge is 0.338 e. The van der Waals surface area contributed by atoms with Crippen molar-refractivity contribution < 1.29 is 23.9 Å². The number of hydrogen-bond donors (Lipinski definition) is 0. The number of amides is 4. The molecule has 0 bridgehead atoms. The minimum absolute atomic E-state index is 0.0297. The molecule has 0 saturated carbocycles. The number of carbonyl (C=O) groups is 3. The van der Waals surface area contributed by atoms with Crippen LogP contribution < -0.4 is 9.64 Å². The van der Waals surface area contributed by atoms with Crippen LogP contribution in [0.1, 0.15) is 25.8 Å². The van der Waals surface area contributed by atoms with Crippen LogP contribution in [0.15, 0.2) is 60.2 Å². The number of methoxy groups -OCH3 is 1. The molecule has 2 aromatic rings. The summed E-state index contributed by atoms with van der Waals surface area (Å²) in [6, 6.07) is 15.0.